The van der Waals surface area contributed by atoms with Gasteiger partial charge in [0.15, 0.2) is 6.23 Å². The van der Waals surface area contributed by atoms with Crippen LogP contribution in [-0.2, 0) is 19.8 Å². The Labute approximate surface area is 243 Å². The highest BCUT2D eigenvalue weighted by atomic mass is 16.6. The standard InChI is InChI=1S/C32H34N2O8/c1-20(28-27(36)29(40-4)30(41-28)34-19-18-26(35)33-31(34)37)42-32(21-8-6-5-7-9-21,22-10-14-24(38-2)15-11-22)23-12-16-25(39-3)17-13-23/h5-20,27-30,36H,1-4H3,(H,33,35,37)/t20-,27-,28-,29-,30-/m1/s1. The van der Waals surface area contributed by atoms with Crippen LogP contribution >= 0.6 is 0 Å². The molecule has 0 saturated carbocycles. The first kappa shape index (κ1) is 29.3. The van der Waals surface area contributed by atoms with Gasteiger partial charge in [-0.3, -0.25) is 14.3 Å². The Hall–Kier alpha value is -4.22. The van der Waals surface area contributed by atoms with E-state index in [1.165, 1.54) is 23.9 Å². The van der Waals surface area contributed by atoms with Crippen molar-refractivity contribution in [2.75, 3.05) is 21.3 Å². The fraction of sp³-hybridized carbons (Fsp3) is 0.312. The van der Waals surface area contributed by atoms with Gasteiger partial charge in [0, 0.05) is 19.4 Å². The lowest BCUT2D eigenvalue weighted by Gasteiger charge is -2.40. The first-order valence-corrected chi connectivity index (χ1v) is 13.5. The number of aliphatic hydroxyl groups is 1. The van der Waals surface area contributed by atoms with Crippen LogP contribution in [0.3, 0.4) is 0 Å². The van der Waals surface area contributed by atoms with Crippen LogP contribution < -0.4 is 20.7 Å². The van der Waals surface area contributed by atoms with Gasteiger partial charge >= 0.3 is 5.69 Å². The van der Waals surface area contributed by atoms with Crippen molar-refractivity contribution >= 4 is 0 Å². The number of rotatable bonds is 10. The molecule has 2 N–H and O–H groups in total. The van der Waals surface area contributed by atoms with Crippen molar-refractivity contribution in [2.45, 2.75) is 43.2 Å². The summed E-state index contributed by atoms with van der Waals surface area (Å²) in [5.41, 5.74) is 0.107. The molecule has 0 aliphatic carbocycles. The van der Waals surface area contributed by atoms with Gasteiger partial charge in [-0.25, -0.2) is 4.79 Å². The Morgan fingerprint density at radius 1 is 0.833 bits per heavy atom. The Bertz CT molecular complexity index is 1540. The second kappa shape index (κ2) is 12.3. The number of methoxy groups -OCH3 is 3. The summed E-state index contributed by atoms with van der Waals surface area (Å²) in [4.78, 5) is 26.5. The van der Waals surface area contributed by atoms with E-state index in [0.717, 1.165) is 16.7 Å². The number of benzene rings is 3. The average molecular weight is 575 g/mol. The molecule has 1 aliphatic rings. The van der Waals surface area contributed by atoms with Crippen LogP contribution in [-0.4, -0.2) is 60.4 Å². The lowest BCUT2D eigenvalue weighted by Crippen LogP contribution is -2.45. The van der Waals surface area contributed by atoms with Crippen molar-refractivity contribution in [1.82, 2.24) is 9.55 Å². The molecular formula is C32H34N2O8. The number of hydrogen-bond donors (Lipinski definition) is 2. The Kier molecular flexibility index (Phi) is 8.60. The van der Waals surface area contributed by atoms with Crippen LogP contribution in [0.15, 0.2) is 101 Å². The SMILES string of the molecule is COc1ccc(C(O[C@H](C)[C@H]2O[C@@H](n3ccc(=O)[nH]c3=O)[C@H](OC)[C@@H]2O)(c2ccccc2)c2ccc(OC)cc2)cc1. The van der Waals surface area contributed by atoms with Gasteiger partial charge in [0.2, 0.25) is 0 Å². The molecule has 5 rings (SSSR count). The third-order valence-corrected chi connectivity index (χ3v) is 7.65. The summed E-state index contributed by atoms with van der Waals surface area (Å²) in [6.07, 6.45) is -3.38. The smallest absolute Gasteiger partial charge is 0.330 e. The third kappa shape index (κ3) is 5.37. The number of H-pyrrole nitrogens is 1. The molecule has 5 atom stereocenters. The molecule has 3 aromatic carbocycles. The summed E-state index contributed by atoms with van der Waals surface area (Å²) in [5, 5.41) is 11.4. The normalized spacial score (nSPS) is 21.2. The van der Waals surface area contributed by atoms with E-state index in [4.69, 9.17) is 23.7 Å². The molecule has 0 unspecified atom stereocenters. The van der Waals surface area contributed by atoms with Crippen LogP contribution in [0.4, 0.5) is 0 Å². The molecule has 1 aliphatic heterocycles. The maximum atomic E-state index is 12.6. The lowest BCUT2D eigenvalue weighted by atomic mass is 9.79. The predicted molar refractivity (Wildman–Crippen MR) is 155 cm³/mol. The monoisotopic (exact) mass is 574 g/mol. The minimum Gasteiger partial charge on any atom is -0.497 e. The van der Waals surface area contributed by atoms with E-state index < -0.39 is 47.5 Å². The van der Waals surface area contributed by atoms with E-state index in [9.17, 15) is 14.7 Å². The van der Waals surface area contributed by atoms with E-state index in [2.05, 4.69) is 4.98 Å². The van der Waals surface area contributed by atoms with E-state index in [-0.39, 0.29) is 0 Å². The molecule has 10 nitrogen and oxygen atoms in total. The van der Waals surface area contributed by atoms with Gasteiger partial charge in [0.1, 0.15) is 35.4 Å². The molecule has 0 spiro atoms. The molecule has 10 heteroatoms. The number of aromatic amines is 1. The van der Waals surface area contributed by atoms with Crippen LogP contribution in [0.1, 0.15) is 29.8 Å². The van der Waals surface area contributed by atoms with Gasteiger partial charge in [0.25, 0.3) is 5.56 Å². The van der Waals surface area contributed by atoms with Crippen LogP contribution in [0.25, 0.3) is 0 Å². The largest absolute Gasteiger partial charge is 0.497 e. The summed E-state index contributed by atoms with van der Waals surface area (Å²) < 4.78 is 30.9. The minimum absolute atomic E-state index is 0.538. The van der Waals surface area contributed by atoms with E-state index in [1.54, 1.807) is 14.2 Å². The zero-order valence-corrected chi connectivity index (χ0v) is 23.8. The van der Waals surface area contributed by atoms with Gasteiger partial charge in [-0.2, -0.15) is 0 Å². The highest BCUT2D eigenvalue weighted by Gasteiger charge is 2.50. The Morgan fingerprint density at radius 3 is 1.88 bits per heavy atom. The van der Waals surface area contributed by atoms with Gasteiger partial charge < -0.3 is 28.8 Å². The zero-order chi connectivity index (χ0) is 29.9. The number of nitrogens with one attached hydrogen (secondary N) is 1. The maximum absolute atomic E-state index is 12.6. The zero-order valence-electron chi connectivity index (χ0n) is 23.8. The van der Waals surface area contributed by atoms with E-state index in [1.807, 2.05) is 85.8 Å². The minimum atomic E-state index is -1.16. The lowest BCUT2D eigenvalue weighted by molar-refractivity contribution is -0.137. The summed E-state index contributed by atoms with van der Waals surface area (Å²) in [6.45, 7) is 1.81. The fourth-order valence-electron chi connectivity index (χ4n) is 5.54. The first-order chi connectivity index (χ1) is 20.3. The molecular weight excluding hydrogens is 540 g/mol. The van der Waals surface area contributed by atoms with Crippen molar-refractivity contribution in [3.8, 4) is 11.5 Å². The summed E-state index contributed by atoms with van der Waals surface area (Å²) in [6, 6.07) is 26.2. The van der Waals surface area contributed by atoms with Crippen molar-refractivity contribution in [3.05, 3.63) is 129 Å². The van der Waals surface area contributed by atoms with Crippen molar-refractivity contribution < 1.29 is 28.8 Å². The molecule has 0 amide bonds. The van der Waals surface area contributed by atoms with Gasteiger partial charge in [-0.05, 0) is 47.9 Å². The molecule has 1 fully saturated rings. The third-order valence-electron chi connectivity index (χ3n) is 7.65. The number of hydrogen-bond acceptors (Lipinski definition) is 8. The average Bonchev–Trinajstić information content (AvgIpc) is 3.36. The van der Waals surface area contributed by atoms with Crippen LogP contribution in [0.2, 0.25) is 0 Å². The molecule has 0 bridgehead atoms. The topological polar surface area (TPSA) is 121 Å². The number of ether oxygens (including phenoxy) is 5. The van der Waals surface area contributed by atoms with Crippen LogP contribution in [0.5, 0.6) is 11.5 Å². The molecule has 220 valence electrons. The van der Waals surface area contributed by atoms with E-state index >= 15 is 0 Å². The second-order valence-corrected chi connectivity index (χ2v) is 10.0. The highest BCUT2D eigenvalue weighted by Crippen LogP contribution is 2.44. The number of aliphatic hydroxyl groups excluding tert-OH is 1. The fourth-order valence-corrected chi connectivity index (χ4v) is 5.54. The summed E-state index contributed by atoms with van der Waals surface area (Å²) >= 11 is 0. The number of nitrogens with zero attached hydrogens (tertiary/aromatic N) is 1. The molecule has 1 saturated heterocycles. The van der Waals surface area contributed by atoms with Gasteiger partial charge in [-0.1, -0.05) is 54.6 Å². The molecule has 4 aromatic rings. The van der Waals surface area contributed by atoms with Crippen molar-refractivity contribution in [2.24, 2.45) is 0 Å². The highest BCUT2D eigenvalue weighted by molar-refractivity contribution is 5.49. The first-order valence-electron chi connectivity index (χ1n) is 13.5. The summed E-state index contributed by atoms with van der Waals surface area (Å²) in [5.74, 6) is 1.38. The van der Waals surface area contributed by atoms with Gasteiger partial charge in [0.05, 0.1) is 20.3 Å². The van der Waals surface area contributed by atoms with Crippen molar-refractivity contribution in [1.29, 1.82) is 0 Å². The van der Waals surface area contributed by atoms with Crippen LogP contribution in [0, 0.1) is 0 Å². The second-order valence-electron chi connectivity index (χ2n) is 10.0. The molecule has 42 heavy (non-hydrogen) atoms. The molecule has 1 aromatic heterocycles. The Balaban J connectivity index is 1.61. The van der Waals surface area contributed by atoms with E-state index in [0.29, 0.717) is 11.5 Å². The molecule has 0 radical (unpaired) electrons. The quantitative estimate of drug-likeness (QED) is 0.277. The van der Waals surface area contributed by atoms with Crippen molar-refractivity contribution in [3.63, 3.8) is 0 Å². The Morgan fingerprint density at radius 2 is 1.38 bits per heavy atom. The molecule has 2 heterocycles. The van der Waals surface area contributed by atoms with Gasteiger partial charge in [-0.15, -0.1) is 0 Å². The summed E-state index contributed by atoms with van der Waals surface area (Å²) in [7, 11) is 4.64. The predicted octanol–water partition coefficient (Wildman–Crippen LogP) is 3.22. The maximum Gasteiger partial charge on any atom is 0.330 e. The number of aromatic nitrogens is 2.